The Morgan fingerprint density at radius 2 is 2.15 bits per heavy atom. The van der Waals surface area contributed by atoms with E-state index >= 15 is 0 Å². The topological polar surface area (TPSA) is 21.3 Å². The third-order valence-electron chi connectivity index (χ3n) is 2.97. The van der Waals surface area contributed by atoms with E-state index in [0.29, 0.717) is 6.10 Å². The molecule has 0 saturated heterocycles. The Morgan fingerprint density at radius 3 is 2.77 bits per heavy atom. The summed E-state index contributed by atoms with van der Waals surface area (Å²) in [6.07, 6.45) is 5.73. The van der Waals surface area contributed by atoms with Crippen molar-refractivity contribution < 1.29 is 4.74 Å². The smallest absolute Gasteiger partial charge is 0.0518 e. The normalized spacial score (nSPS) is 28.6. The van der Waals surface area contributed by atoms with E-state index in [0.717, 1.165) is 18.6 Å². The van der Waals surface area contributed by atoms with Crippen molar-refractivity contribution in [3.8, 4) is 0 Å². The Bertz CT molecular complexity index is 136. The SMILES string of the molecule is CNC1CCCC1CCOC(C)C. The summed E-state index contributed by atoms with van der Waals surface area (Å²) in [5, 5.41) is 3.40. The largest absolute Gasteiger partial charge is 0.379 e. The predicted octanol–water partition coefficient (Wildman–Crippen LogP) is 2.19. The molecule has 0 heterocycles. The molecule has 0 aromatic heterocycles. The van der Waals surface area contributed by atoms with E-state index < -0.39 is 0 Å². The first-order valence-corrected chi connectivity index (χ1v) is 5.53. The van der Waals surface area contributed by atoms with Crippen LogP contribution in [0.3, 0.4) is 0 Å². The summed E-state index contributed by atoms with van der Waals surface area (Å²) in [6.45, 7) is 5.13. The molecule has 0 spiro atoms. The highest BCUT2D eigenvalue weighted by molar-refractivity contribution is 4.81. The summed E-state index contributed by atoms with van der Waals surface area (Å²) in [4.78, 5) is 0. The van der Waals surface area contributed by atoms with Crippen molar-refractivity contribution in [2.45, 2.75) is 51.7 Å². The molecule has 2 nitrogen and oxygen atoms in total. The summed E-state index contributed by atoms with van der Waals surface area (Å²) >= 11 is 0. The van der Waals surface area contributed by atoms with Gasteiger partial charge in [-0.25, -0.2) is 0 Å². The molecule has 1 N–H and O–H groups in total. The fraction of sp³-hybridized carbons (Fsp3) is 1.00. The highest BCUT2D eigenvalue weighted by Gasteiger charge is 2.25. The molecule has 1 aliphatic rings. The van der Waals surface area contributed by atoms with Crippen LogP contribution in [0.25, 0.3) is 0 Å². The van der Waals surface area contributed by atoms with E-state index in [9.17, 15) is 0 Å². The number of hydrogen-bond donors (Lipinski definition) is 1. The molecule has 1 saturated carbocycles. The first-order chi connectivity index (χ1) is 6.24. The number of rotatable bonds is 5. The molecule has 0 radical (unpaired) electrons. The van der Waals surface area contributed by atoms with Crippen LogP contribution in [0.5, 0.6) is 0 Å². The summed E-state index contributed by atoms with van der Waals surface area (Å²) < 4.78 is 5.57. The molecule has 1 aliphatic carbocycles. The van der Waals surface area contributed by atoms with Gasteiger partial charge in [0.1, 0.15) is 0 Å². The molecule has 78 valence electrons. The van der Waals surface area contributed by atoms with Gasteiger partial charge in [0.25, 0.3) is 0 Å². The van der Waals surface area contributed by atoms with Gasteiger partial charge in [0.15, 0.2) is 0 Å². The van der Waals surface area contributed by atoms with Gasteiger partial charge in [-0.1, -0.05) is 6.42 Å². The van der Waals surface area contributed by atoms with Gasteiger partial charge >= 0.3 is 0 Å². The molecule has 1 rings (SSSR count). The van der Waals surface area contributed by atoms with E-state index in [1.807, 2.05) is 0 Å². The third kappa shape index (κ3) is 3.65. The lowest BCUT2D eigenvalue weighted by molar-refractivity contribution is 0.0667. The molecule has 1 fully saturated rings. The second kappa shape index (κ2) is 5.61. The van der Waals surface area contributed by atoms with Crippen LogP contribution in [0.2, 0.25) is 0 Å². The van der Waals surface area contributed by atoms with Crippen molar-refractivity contribution in [3.05, 3.63) is 0 Å². The highest BCUT2D eigenvalue weighted by atomic mass is 16.5. The molecule has 0 bridgehead atoms. The number of ether oxygens (including phenoxy) is 1. The van der Waals surface area contributed by atoms with Gasteiger partial charge in [-0.05, 0) is 46.1 Å². The Balaban J connectivity index is 2.13. The summed E-state index contributed by atoms with van der Waals surface area (Å²) in [6, 6.07) is 0.746. The molecule has 0 aromatic carbocycles. The summed E-state index contributed by atoms with van der Waals surface area (Å²) in [5.74, 6) is 0.851. The molecule has 0 amide bonds. The summed E-state index contributed by atoms with van der Waals surface area (Å²) in [7, 11) is 2.08. The fourth-order valence-corrected chi connectivity index (χ4v) is 2.22. The van der Waals surface area contributed by atoms with Crippen LogP contribution < -0.4 is 5.32 Å². The van der Waals surface area contributed by atoms with Crippen LogP contribution in [-0.2, 0) is 4.74 Å². The maximum absolute atomic E-state index is 5.57. The zero-order valence-electron chi connectivity index (χ0n) is 9.18. The minimum atomic E-state index is 0.384. The molecule has 0 aromatic rings. The molecular weight excluding hydrogens is 162 g/mol. The standard InChI is InChI=1S/C11H23NO/c1-9(2)13-8-7-10-5-4-6-11(10)12-3/h9-12H,4-8H2,1-3H3. The Hall–Kier alpha value is -0.0800. The quantitative estimate of drug-likeness (QED) is 0.709. The van der Waals surface area contributed by atoms with Gasteiger partial charge in [0.2, 0.25) is 0 Å². The number of nitrogens with one attached hydrogen (secondary N) is 1. The minimum Gasteiger partial charge on any atom is -0.379 e. The van der Waals surface area contributed by atoms with Crippen molar-refractivity contribution in [3.63, 3.8) is 0 Å². The van der Waals surface area contributed by atoms with Crippen LogP contribution in [-0.4, -0.2) is 25.8 Å². The maximum atomic E-state index is 5.57. The lowest BCUT2D eigenvalue weighted by Crippen LogP contribution is -2.29. The van der Waals surface area contributed by atoms with Crippen molar-refractivity contribution in [2.24, 2.45) is 5.92 Å². The predicted molar refractivity (Wildman–Crippen MR) is 55.9 cm³/mol. The third-order valence-corrected chi connectivity index (χ3v) is 2.97. The lowest BCUT2D eigenvalue weighted by atomic mass is 10.0. The molecule has 0 aliphatic heterocycles. The second-order valence-electron chi connectivity index (χ2n) is 4.29. The van der Waals surface area contributed by atoms with Gasteiger partial charge in [-0.2, -0.15) is 0 Å². The van der Waals surface area contributed by atoms with Gasteiger partial charge in [0.05, 0.1) is 6.10 Å². The van der Waals surface area contributed by atoms with Crippen molar-refractivity contribution >= 4 is 0 Å². The molecule has 2 atom stereocenters. The van der Waals surface area contributed by atoms with Crippen molar-refractivity contribution in [1.82, 2.24) is 5.32 Å². The average Bonchev–Trinajstić information content (AvgIpc) is 2.51. The van der Waals surface area contributed by atoms with Gasteiger partial charge in [0, 0.05) is 12.6 Å². The van der Waals surface area contributed by atoms with Crippen LogP contribution in [0.1, 0.15) is 39.5 Å². The zero-order chi connectivity index (χ0) is 9.68. The van der Waals surface area contributed by atoms with Gasteiger partial charge < -0.3 is 10.1 Å². The first kappa shape index (κ1) is 11.0. The zero-order valence-corrected chi connectivity index (χ0v) is 9.18. The van der Waals surface area contributed by atoms with Crippen molar-refractivity contribution in [2.75, 3.05) is 13.7 Å². The molecular formula is C11H23NO. The van der Waals surface area contributed by atoms with Crippen molar-refractivity contribution in [1.29, 1.82) is 0 Å². The van der Waals surface area contributed by atoms with E-state index in [4.69, 9.17) is 4.74 Å². The van der Waals surface area contributed by atoms with Gasteiger partial charge in [-0.3, -0.25) is 0 Å². The average molecular weight is 185 g/mol. The van der Waals surface area contributed by atoms with Crippen LogP contribution in [0.4, 0.5) is 0 Å². The van der Waals surface area contributed by atoms with Gasteiger partial charge in [-0.15, -0.1) is 0 Å². The van der Waals surface area contributed by atoms with Crippen LogP contribution in [0.15, 0.2) is 0 Å². The Kier molecular flexibility index (Phi) is 4.74. The first-order valence-electron chi connectivity index (χ1n) is 5.53. The Morgan fingerprint density at radius 1 is 1.38 bits per heavy atom. The van der Waals surface area contributed by atoms with E-state index in [2.05, 4.69) is 26.2 Å². The van der Waals surface area contributed by atoms with E-state index in [1.165, 1.54) is 25.7 Å². The second-order valence-corrected chi connectivity index (χ2v) is 4.29. The number of hydrogen-bond acceptors (Lipinski definition) is 2. The molecule has 2 unspecified atom stereocenters. The minimum absolute atomic E-state index is 0.384. The molecule has 13 heavy (non-hydrogen) atoms. The highest BCUT2D eigenvalue weighted by Crippen LogP contribution is 2.28. The Labute approximate surface area is 82.0 Å². The fourth-order valence-electron chi connectivity index (χ4n) is 2.22. The van der Waals surface area contributed by atoms with Crippen LogP contribution >= 0.6 is 0 Å². The van der Waals surface area contributed by atoms with E-state index in [1.54, 1.807) is 0 Å². The monoisotopic (exact) mass is 185 g/mol. The summed E-state index contributed by atoms with van der Waals surface area (Å²) in [5.41, 5.74) is 0. The van der Waals surface area contributed by atoms with Crippen LogP contribution in [0, 0.1) is 5.92 Å². The lowest BCUT2D eigenvalue weighted by Gasteiger charge is -2.19. The molecule has 2 heteroatoms. The van der Waals surface area contributed by atoms with E-state index in [-0.39, 0.29) is 0 Å². The maximum Gasteiger partial charge on any atom is 0.0518 e.